The molecule has 5 heteroatoms. The zero-order valence-corrected chi connectivity index (χ0v) is 14.4. The smallest absolute Gasteiger partial charge is 0.407 e. The van der Waals surface area contributed by atoms with Gasteiger partial charge < -0.3 is 14.8 Å². The quantitative estimate of drug-likeness (QED) is 0.782. The Morgan fingerprint density at radius 1 is 1.18 bits per heavy atom. The van der Waals surface area contributed by atoms with Crippen molar-refractivity contribution in [2.75, 3.05) is 13.7 Å². The monoisotopic (exact) mass is 313 g/mol. The first kappa shape index (κ1) is 18.9. The first-order chi connectivity index (χ1) is 10.3. The molecule has 0 saturated heterocycles. The van der Waals surface area contributed by atoms with Crippen LogP contribution in [0.5, 0.6) is 0 Å². The van der Waals surface area contributed by atoms with E-state index in [1.807, 2.05) is 20.8 Å². The van der Waals surface area contributed by atoms with Crippen LogP contribution >= 0.6 is 0 Å². The lowest BCUT2D eigenvalue weighted by Crippen LogP contribution is -2.41. The molecule has 0 aromatic carbocycles. The third-order valence-electron chi connectivity index (χ3n) is 3.90. The van der Waals surface area contributed by atoms with Crippen molar-refractivity contribution < 1.29 is 19.1 Å². The fraction of sp³-hybridized carbons (Fsp3) is 0.882. The van der Waals surface area contributed by atoms with Gasteiger partial charge in [-0.15, -0.1) is 0 Å². The second-order valence-corrected chi connectivity index (χ2v) is 7.13. The minimum Gasteiger partial charge on any atom is -0.444 e. The Labute approximate surface area is 134 Å². The highest BCUT2D eigenvalue weighted by Crippen LogP contribution is 2.26. The molecule has 0 heterocycles. The van der Waals surface area contributed by atoms with Crippen LogP contribution in [-0.2, 0) is 14.3 Å². The number of methoxy groups -OCH3 is 1. The number of nitrogens with one attached hydrogen (secondary N) is 1. The molecule has 0 spiro atoms. The summed E-state index contributed by atoms with van der Waals surface area (Å²) in [6, 6.07) is -0.218. The summed E-state index contributed by atoms with van der Waals surface area (Å²) in [5, 5.41) is 2.82. The predicted octanol–water partition coefficient (Wildman–Crippen LogP) is 3.46. The standard InChI is InChI=1S/C17H31NO4/c1-17(2,3)22-16(20)18-14(10-11-21-4)12-15(19)13-8-6-5-7-9-13/h13-14H,5-12H2,1-4H3,(H,18,20). The summed E-state index contributed by atoms with van der Waals surface area (Å²) in [5.41, 5.74) is -0.538. The second kappa shape index (κ2) is 9.13. The van der Waals surface area contributed by atoms with Gasteiger partial charge in [-0.1, -0.05) is 19.3 Å². The largest absolute Gasteiger partial charge is 0.444 e. The van der Waals surface area contributed by atoms with Crippen molar-refractivity contribution in [1.29, 1.82) is 0 Å². The SMILES string of the molecule is COCCC(CC(=O)C1CCCCC1)NC(=O)OC(C)(C)C. The average Bonchev–Trinajstić information content (AvgIpc) is 2.43. The van der Waals surface area contributed by atoms with E-state index in [4.69, 9.17) is 9.47 Å². The van der Waals surface area contributed by atoms with Gasteiger partial charge in [-0.25, -0.2) is 4.79 Å². The first-order valence-electron chi connectivity index (χ1n) is 8.33. The number of ether oxygens (including phenoxy) is 2. The van der Waals surface area contributed by atoms with Crippen molar-refractivity contribution in [3.63, 3.8) is 0 Å². The molecule has 1 aliphatic carbocycles. The van der Waals surface area contributed by atoms with Gasteiger partial charge in [0.2, 0.25) is 0 Å². The Kier molecular flexibility index (Phi) is 7.87. The highest BCUT2D eigenvalue weighted by atomic mass is 16.6. The lowest BCUT2D eigenvalue weighted by atomic mass is 9.84. The lowest BCUT2D eigenvalue weighted by Gasteiger charge is -2.25. The van der Waals surface area contributed by atoms with E-state index >= 15 is 0 Å². The van der Waals surface area contributed by atoms with E-state index in [2.05, 4.69) is 5.32 Å². The molecule has 1 amide bonds. The summed E-state index contributed by atoms with van der Waals surface area (Å²) in [6.07, 6.45) is 6.00. The Morgan fingerprint density at radius 3 is 2.36 bits per heavy atom. The Morgan fingerprint density at radius 2 is 1.82 bits per heavy atom. The van der Waals surface area contributed by atoms with E-state index in [0.717, 1.165) is 25.7 Å². The van der Waals surface area contributed by atoms with Gasteiger partial charge in [0, 0.05) is 32.1 Å². The highest BCUT2D eigenvalue weighted by molar-refractivity contribution is 5.82. The van der Waals surface area contributed by atoms with E-state index in [9.17, 15) is 9.59 Å². The fourth-order valence-electron chi connectivity index (χ4n) is 2.79. The maximum Gasteiger partial charge on any atom is 0.407 e. The summed E-state index contributed by atoms with van der Waals surface area (Å²) in [4.78, 5) is 24.3. The van der Waals surface area contributed by atoms with Crippen LogP contribution in [0.15, 0.2) is 0 Å². The predicted molar refractivity (Wildman–Crippen MR) is 85.8 cm³/mol. The number of rotatable bonds is 7. The summed E-state index contributed by atoms with van der Waals surface area (Å²) in [6.45, 7) is 5.98. The summed E-state index contributed by atoms with van der Waals surface area (Å²) >= 11 is 0. The topological polar surface area (TPSA) is 64.6 Å². The van der Waals surface area contributed by atoms with Crippen molar-refractivity contribution in [3.05, 3.63) is 0 Å². The molecule has 0 radical (unpaired) electrons. The van der Waals surface area contributed by atoms with Crippen LogP contribution in [0.4, 0.5) is 4.79 Å². The molecule has 1 saturated carbocycles. The minimum atomic E-state index is -0.538. The second-order valence-electron chi connectivity index (χ2n) is 7.13. The minimum absolute atomic E-state index is 0.166. The fourth-order valence-corrected chi connectivity index (χ4v) is 2.79. The van der Waals surface area contributed by atoms with E-state index in [0.29, 0.717) is 19.4 Å². The highest BCUT2D eigenvalue weighted by Gasteiger charge is 2.26. The van der Waals surface area contributed by atoms with Gasteiger partial charge in [-0.2, -0.15) is 0 Å². The lowest BCUT2D eigenvalue weighted by molar-refractivity contribution is -0.124. The zero-order valence-electron chi connectivity index (χ0n) is 14.4. The third-order valence-corrected chi connectivity index (χ3v) is 3.90. The number of amides is 1. The van der Waals surface area contributed by atoms with Crippen LogP contribution < -0.4 is 5.32 Å². The van der Waals surface area contributed by atoms with E-state index in [-0.39, 0.29) is 17.7 Å². The molecule has 0 bridgehead atoms. The average molecular weight is 313 g/mol. The summed E-state index contributed by atoms with van der Waals surface area (Å²) in [7, 11) is 1.62. The van der Waals surface area contributed by atoms with E-state index < -0.39 is 11.7 Å². The number of ketones is 1. The molecule has 128 valence electrons. The van der Waals surface area contributed by atoms with Gasteiger partial charge in [0.25, 0.3) is 0 Å². The number of Topliss-reactive ketones (excluding diaryl/α,β-unsaturated/α-hetero) is 1. The number of hydrogen-bond donors (Lipinski definition) is 1. The number of carbonyl (C=O) groups excluding carboxylic acids is 2. The summed E-state index contributed by atoms with van der Waals surface area (Å²) < 4.78 is 10.4. The first-order valence-corrected chi connectivity index (χ1v) is 8.33. The third kappa shape index (κ3) is 7.78. The maximum atomic E-state index is 12.4. The number of carbonyl (C=O) groups is 2. The van der Waals surface area contributed by atoms with E-state index in [1.54, 1.807) is 7.11 Å². The molecule has 0 aromatic rings. The van der Waals surface area contributed by atoms with Crippen molar-refractivity contribution in [2.24, 2.45) is 5.92 Å². The van der Waals surface area contributed by atoms with Crippen molar-refractivity contribution >= 4 is 11.9 Å². The van der Waals surface area contributed by atoms with Crippen LogP contribution in [0.3, 0.4) is 0 Å². The maximum absolute atomic E-state index is 12.4. The normalized spacial score (nSPS) is 17.8. The Bertz CT molecular complexity index is 356. The van der Waals surface area contributed by atoms with Crippen molar-refractivity contribution in [2.45, 2.75) is 77.4 Å². The summed E-state index contributed by atoms with van der Waals surface area (Å²) in [5.74, 6) is 0.427. The van der Waals surface area contributed by atoms with Crippen LogP contribution in [0.1, 0.15) is 65.7 Å². The molecule has 1 rings (SSSR count). The van der Waals surface area contributed by atoms with Gasteiger partial charge in [0.15, 0.2) is 0 Å². The molecule has 1 N–H and O–H groups in total. The zero-order chi connectivity index (χ0) is 16.6. The van der Waals surface area contributed by atoms with Gasteiger partial charge >= 0.3 is 6.09 Å². The van der Waals surface area contributed by atoms with Crippen LogP contribution in [0, 0.1) is 5.92 Å². The van der Waals surface area contributed by atoms with Gasteiger partial charge in [-0.05, 0) is 40.0 Å². The molecule has 1 aliphatic rings. The molecular formula is C17H31NO4. The van der Waals surface area contributed by atoms with Crippen LogP contribution in [0.25, 0.3) is 0 Å². The Hall–Kier alpha value is -1.10. The molecule has 22 heavy (non-hydrogen) atoms. The molecule has 1 fully saturated rings. The van der Waals surface area contributed by atoms with Gasteiger partial charge in [0.05, 0.1) is 0 Å². The molecular weight excluding hydrogens is 282 g/mol. The number of hydrogen-bond acceptors (Lipinski definition) is 4. The Balaban J connectivity index is 2.51. The molecule has 1 atom stereocenters. The molecule has 0 aromatic heterocycles. The van der Waals surface area contributed by atoms with Crippen molar-refractivity contribution in [3.8, 4) is 0 Å². The van der Waals surface area contributed by atoms with Gasteiger partial charge in [0.1, 0.15) is 11.4 Å². The molecule has 0 aliphatic heterocycles. The molecule has 5 nitrogen and oxygen atoms in total. The van der Waals surface area contributed by atoms with Crippen LogP contribution in [-0.4, -0.2) is 37.2 Å². The van der Waals surface area contributed by atoms with Crippen LogP contribution in [0.2, 0.25) is 0 Å². The van der Waals surface area contributed by atoms with Crippen molar-refractivity contribution in [1.82, 2.24) is 5.32 Å². The van der Waals surface area contributed by atoms with Gasteiger partial charge in [-0.3, -0.25) is 4.79 Å². The number of alkyl carbamates (subject to hydrolysis) is 1. The molecule has 1 unspecified atom stereocenters. The van der Waals surface area contributed by atoms with E-state index in [1.165, 1.54) is 6.42 Å².